The SMILES string of the molecule is CC(CC1CCCCCN1)NCC(C)(C)CN(C)C. The van der Waals surface area contributed by atoms with E-state index in [1.807, 2.05) is 0 Å². The molecule has 1 aliphatic rings. The third-order valence-corrected chi connectivity index (χ3v) is 3.97. The Kier molecular flexibility index (Phi) is 7.33. The molecule has 0 aromatic heterocycles. The second-order valence-corrected chi connectivity index (χ2v) is 7.42. The maximum Gasteiger partial charge on any atom is 0.00817 e. The molecule has 2 N–H and O–H groups in total. The quantitative estimate of drug-likeness (QED) is 0.743. The summed E-state index contributed by atoms with van der Waals surface area (Å²) in [6, 6.07) is 1.33. The normalized spacial score (nSPS) is 23.4. The van der Waals surface area contributed by atoms with E-state index in [-0.39, 0.29) is 0 Å². The van der Waals surface area contributed by atoms with Crippen molar-refractivity contribution in [3.8, 4) is 0 Å². The van der Waals surface area contributed by atoms with Crippen LogP contribution in [0, 0.1) is 5.41 Å². The lowest BCUT2D eigenvalue weighted by Gasteiger charge is -2.31. The molecule has 1 fully saturated rings. The van der Waals surface area contributed by atoms with Crippen molar-refractivity contribution in [1.29, 1.82) is 0 Å². The molecule has 1 aliphatic heterocycles. The van der Waals surface area contributed by atoms with Crippen molar-refractivity contribution >= 4 is 0 Å². The first-order valence-corrected chi connectivity index (χ1v) is 8.00. The van der Waals surface area contributed by atoms with Crippen LogP contribution in [0.25, 0.3) is 0 Å². The van der Waals surface area contributed by atoms with Crippen LogP contribution in [-0.2, 0) is 0 Å². The van der Waals surface area contributed by atoms with Gasteiger partial charge in [-0.05, 0) is 52.2 Å². The molecule has 2 atom stereocenters. The molecule has 0 aromatic carbocycles. The molecule has 1 rings (SSSR count). The summed E-state index contributed by atoms with van der Waals surface area (Å²) in [5.74, 6) is 0. The minimum Gasteiger partial charge on any atom is -0.314 e. The van der Waals surface area contributed by atoms with Crippen LogP contribution in [0.5, 0.6) is 0 Å². The summed E-state index contributed by atoms with van der Waals surface area (Å²) in [5, 5.41) is 7.42. The molecule has 3 nitrogen and oxygen atoms in total. The van der Waals surface area contributed by atoms with Gasteiger partial charge in [0.25, 0.3) is 0 Å². The van der Waals surface area contributed by atoms with E-state index in [2.05, 4.69) is 50.4 Å². The standard InChI is InChI=1S/C16H35N3/c1-14(11-15-9-7-6-8-10-17-15)18-12-16(2,3)13-19(4)5/h14-15,17-18H,6-13H2,1-5H3. The maximum absolute atomic E-state index is 3.73. The zero-order chi connectivity index (χ0) is 14.3. The highest BCUT2D eigenvalue weighted by atomic mass is 15.1. The van der Waals surface area contributed by atoms with Crippen LogP contribution in [-0.4, -0.2) is 50.7 Å². The van der Waals surface area contributed by atoms with Crippen LogP contribution >= 0.6 is 0 Å². The van der Waals surface area contributed by atoms with Crippen LogP contribution in [0.2, 0.25) is 0 Å². The molecule has 0 radical (unpaired) electrons. The summed E-state index contributed by atoms with van der Waals surface area (Å²) >= 11 is 0. The molecule has 1 heterocycles. The largest absolute Gasteiger partial charge is 0.314 e. The van der Waals surface area contributed by atoms with Gasteiger partial charge in [0.15, 0.2) is 0 Å². The van der Waals surface area contributed by atoms with Gasteiger partial charge in [-0.25, -0.2) is 0 Å². The molecule has 0 amide bonds. The first-order chi connectivity index (χ1) is 8.89. The lowest BCUT2D eigenvalue weighted by molar-refractivity contribution is 0.223. The van der Waals surface area contributed by atoms with Crippen LogP contribution in [0.15, 0.2) is 0 Å². The number of hydrogen-bond acceptors (Lipinski definition) is 3. The van der Waals surface area contributed by atoms with Crippen molar-refractivity contribution in [3.05, 3.63) is 0 Å². The van der Waals surface area contributed by atoms with Crippen molar-refractivity contribution in [2.24, 2.45) is 5.41 Å². The Morgan fingerprint density at radius 2 is 2.00 bits per heavy atom. The first-order valence-electron chi connectivity index (χ1n) is 8.00. The number of nitrogens with one attached hydrogen (secondary N) is 2. The van der Waals surface area contributed by atoms with Crippen molar-refractivity contribution in [3.63, 3.8) is 0 Å². The Balaban J connectivity index is 2.24. The molecule has 114 valence electrons. The summed E-state index contributed by atoms with van der Waals surface area (Å²) in [6.45, 7) is 10.5. The molecule has 0 aliphatic carbocycles. The lowest BCUT2D eigenvalue weighted by Crippen LogP contribution is -2.43. The fourth-order valence-electron chi connectivity index (χ4n) is 3.17. The van der Waals surface area contributed by atoms with Gasteiger partial charge in [0.1, 0.15) is 0 Å². The zero-order valence-corrected chi connectivity index (χ0v) is 13.8. The van der Waals surface area contributed by atoms with Gasteiger partial charge < -0.3 is 15.5 Å². The van der Waals surface area contributed by atoms with E-state index < -0.39 is 0 Å². The van der Waals surface area contributed by atoms with Crippen LogP contribution in [0.1, 0.15) is 52.9 Å². The molecule has 0 saturated carbocycles. The Morgan fingerprint density at radius 3 is 2.68 bits per heavy atom. The zero-order valence-electron chi connectivity index (χ0n) is 13.8. The second-order valence-electron chi connectivity index (χ2n) is 7.42. The Morgan fingerprint density at radius 1 is 1.26 bits per heavy atom. The first kappa shape index (κ1) is 16.9. The number of nitrogens with zero attached hydrogens (tertiary/aromatic N) is 1. The van der Waals surface area contributed by atoms with Gasteiger partial charge in [-0.1, -0.05) is 26.7 Å². The highest BCUT2D eigenvalue weighted by Gasteiger charge is 2.21. The average Bonchev–Trinajstić information content (AvgIpc) is 2.53. The van der Waals surface area contributed by atoms with Crippen LogP contribution < -0.4 is 10.6 Å². The van der Waals surface area contributed by atoms with E-state index in [4.69, 9.17) is 0 Å². The van der Waals surface area contributed by atoms with E-state index >= 15 is 0 Å². The molecule has 1 saturated heterocycles. The lowest BCUT2D eigenvalue weighted by atomic mass is 9.92. The number of rotatable bonds is 7. The molecule has 0 aromatic rings. The van der Waals surface area contributed by atoms with Gasteiger partial charge >= 0.3 is 0 Å². The van der Waals surface area contributed by atoms with Crippen LogP contribution in [0.4, 0.5) is 0 Å². The van der Waals surface area contributed by atoms with E-state index in [1.165, 1.54) is 38.6 Å². The Bertz CT molecular complexity index is 230. The summed E-state index contributed by atoms with van der Waals surface area (Å²) in [5.41, 5.74) is 0.342. The van der Waals surface area contributed by atoms with Gasteiger partial charge in [0.05, 0.1) is 0 Å². The molecular weight excluding hydrogens is 234 g/mol. The van der Waals surface area contributed by atoms with Crippen molar-refractivity contribution < 1.29 is 0 Å². The van der Waals surface area contributed by atoms with Gasteiger partial charge in [-0.2, -0.15) is 0 Å². The van der Waals surface area contributed by atoms with Gasteiger partial charge in [-0.15, -0.1) is 0 Å². The molecular formula is C16H35N3. The predicted octanol–water partition coefficient (Wildman–Crippen LogP) is 2.47. The van der Waals surface area contributed by atoms with Gasteiger partial charge in [0, 0.05) is 25.2 Å². The second kappa shape index (κ2) is 8.23. The average molecular weight is 269 g/mol. The van der Waals surface area contributed by atoms with Gasteiger partial charge in [-0.3, -0.25) is 0 Å². The molecule has 0 spiro atoms. The van der Waals surface area contributed by atoms with Crippen LogP contribution in [0.3, 0.4) is 0 Å². The third kappa shape index (κ3) is 7.91. The minimum atomic E-state index is 0.342. The van der Waals surface area contributed by atoms with E-state index in [0.29, 0.717) is 11.5 Å². The monoisotopic (exact) mass is 269 g/mol. The molecule has 0 bridgehead atoms. The predicted molar refractivity (Wildman–Crippen MR) is 84.7 cm³/mol. The summed E-state index contributed by atoms with van der Waals surface area (Å²) in [4.78, 5) is 2.28. The minimum absolute atomic E-state index is 0.342. The van der Waals surface area contributed by atoms with Crippen molar-refractivity contribution in [2.75, 3.05) is 33.7 Å². The highest BCUT2D eigenvalue weighted by molar-refractivity contribution is 4.79. The van der Waals surface area contributed by atoms with E-state index in [1.54, 1.807) is 0 Å². The summed E-state index contributed by atoms with van der Waals surface area (Å²) in [7, 11) is 4.31. The smallest absolute Gasteiger partial charge is 0.00817 e. The van der Waals surface area contributed by atoms with Crippen molar-refractivity contribution in [2.45, 2.75) is 65.0 Å². The van der Waals surface area contributed by atoms with E-state index in [9.17, 15) is 0 Å². The number of hydrogen-bond donors (Lipinski definition) is 2. The Hall–Kier alpha value is -0.120. The Labute approximate surface area is 120 Å². The topological polar surface area (TPSA) is 27.3 Å². The molecule has 19 heavy (non-hydrogen) atoms. The maximum atomic E-state index is 3.73. The molecule has 2 unspecified atom stereocenters. The van der Waals surface area contributed by atoms with E-state index in [0.717, 1.165) is 19.1 Å². The highest BCUT2D eigenvalue weighted by Crippen LogP contribution is 2.16. The third-order valence-electron chi connectivity index (χ3n) is 3.97. The summed E-state index contributed by atoms with van der Waals surface area (Å²) in [6.07, 6.45) is 6.77. The van der Waals surface area contributed by atoms with Crippen molar-refractivity contribution in [1.82, 2.24) is 15.5 Å². The summed E-state index contributed by atoms with van der Waals surface area (Å²) < 4.78 is 0. The fraction of sp³-hybridized carbons (Fsp3) is 1.00. The fourth-order valence-corrected chi connectivity index (χ4v) is 3.17. The molecule has 3 heteroatoms. The van der Waals surface area contributed by atoms with Gasteiger partial charge in [0.2, 0.25) is 0 Å².